The molecule has 9 heteroatoms. The van der Waals surface area contributed by atoms with Gasteiger partial charge in [-0.25, -0.2) is 9.97 Å². The normalized spacial score (nSPS) is 21.0. The van der Waals surface area contributed by atoms with Crippen LogP contribution < -0.4 is 0 Å². The molecule has 24 heavy (non-hydrogen) atoms. The van der Waals surface area contributed by atoms with Crippen molar-refractivity contribution < 1.29 is 17.9 Å². The molecule has 0 saturated heterocycles. The van der Waals surface area contributed by atoms with Gasteiger partial charge in [0.05, 0.1) is 13.2 Å². The Labute approximate surface area is 141 Å². The average Bonchev–Trinajstić information content (AvgIpc) is 3.17. The average molecular weight is 358 g/mol. The van der Waals surface area contributed by atoms with Gasteiger partial charge in [0.25, 0.3) is 0 Å². The van der Waals surface area contributed by atoms with Crippen molar-refractivity contribution in [3.8, 4) is 0 Å². The lowest BCUT2D eigenvalue weighted by atomic mass is 9.88. The molecule has 0 saturated carbocycles. The zero-order valence-corrected chi connectivity index (χ0v) is 14.0. The Balaban J connectivity index is 1.87. The maximum absolute atomic E-state index is 13.5. The number of thiazole rings is 1. The van der Waals surface area contributed by atoms with Gasteiger partial charge in [0.2, 0.25) is 5.54 Å². The van der Waals surface area contributed by atoms with E-state index in [2.05, 4.69) is 27.1 Å². The third-order valence-corrected chi connectivity index (χ3v) is 4.87. The van der Waals surface area contributed by atoms with Crippen molar-refractivity contribution in [1.29, 1.82) is 0 Å². The van der Waals surface area contributed by atoms with E-state index in [4.69, 9.17) is 4.74 Å². The summed E-state index contributed by atoms with van der Waals surface area (Å²) in [5.74, 6) is 0. The first-order valence-electron chi connectivity index (χ1n) is 7.75. The van der Waals surface area contributed by atoms with Gasteiger partial charge in [0, 0.05) is 24.8 Å². The third kappa shape index (κ3) is 3.14. The number of hydrogen-bond donors (Lipinski definition) is 0. The Morgan fingerprint density at radius 2 is 2.21 bits per heavy atom. The molecule has 3 rings (SSSR count). The Hall–Kier alpha value is -1.61. The fourth-order valence-electron chi connectivity index (χ4n) is 2.56. The molecular weight excluding hydrogens is 341 g/mol. The van der Waals surface area contributed by atoms with Crippen molar-refractivity contribution in [2.75, 3.05) is 13.2 Å². The first kappa shape index (κ1) is 17.2. The molecule has 1 unspecified atom stereocenters. The largest absolute Gasteiger partial charge is 0.419 e. The fraction of sp³-hybridized carbons (Fsp3) is 0.600. The van der Waals surface area contributed by atoms with Crippen molar-refractivity contribution in [2.45, 2.75) is 44.5 Å². The first-order chi connectivity index (χ1) is 11.5. The molecule has 0 aliphatic carbocycles. The van der Waals surface area contributed by atoms with E-state index in [-0.39, 0.29) is 18.5 Å². The van der Waals surface area contributed by atoms with E-state index < -0.39 is 11.7 Å². The number of nitrogens with zero attached hydrogens (tertiary/aromatic N) is 4. The fourth-order valence-corrected chi connectivity index (χ4v) is 3.38. The van der Waals surface area contributed by atoms with Crippen LogP contribution in [-0.4, -0.2) is 29.3 Å². The summed E-state index contributed by atoms with van der Waals surface area (Å²) in [6, 6.07) is 1.42. The third-order valence-electron chi connectivity index (χ3n) is 3.92. The molecule has 5 nitrogen and oxygen atoms in total. The van der Waals surface area contributed by atoms with Crippen LogP contribution >= 0.6 is 11.3 Å². The lowest BCUT2D eigenvalue weighted by Crippen LogP contribution is -2.39. The second kappa shape index (κ2) is 6.72. The van der Waals surface area contributed by atoms with Crippen LogP contribution in [0, 0.1) is 0 Å². The number of aromatic nitrogens is 2. The van der Waals surface area contributed by atoms with Gasteiger partial charge >= 0.3 is 6.18 Å². The van der Waals surface area contributed by atoms with Gasteiger partial charge in [-0.1, -0.05) is 24.7 Å². The molecule has 2 aromatic heterocycles. The van der Waals surface area contributed by atoms with Crippen molar-refractivity contribution in [3.63, 3.8) is 0 Å². The number of hydrogen-bond acceptors (Lipinski definition) is 6. The van der Waals surface area contributed by atoms with Gasteiger partial charge in [0.1, 0.15) is 15.4 Å². The van der Waals surface area contributed by atoms with Crippen molar-refractivity contribution in [2.24, 2.45) is 10.2 Å². The lowest BCUT2D eigenvalue weighted by molar-refractivity contribution is -0.187. The van der Waals surface area contributed by atoms with Crippen LogP contribution in [0.15, 0.2) is 22.5 Å². The van der Waals surface area contributed by atoms with E-state index >= 15 is 0 Å². The molecule has 0 fully saturated rings. The summed E-state index contributed by atoms with van der Waals surface area (Å²) in [4.78, 5) is 9.09. The van der Waals surface area contributed by atoms with Gasteiger partial charge < -0.3 is 4.74 Å². The predicted molar refractivity (Wildman–Crippen MR) is 84.1 cm³/mol. The number of alkyl halides is 3. The highest BCUT2D eigenvalue weighted by atomic mass is 32.1. The number of pyridine rings is 1. The summed E-state index contributed by atoms with van der Waals surface area (Å²) in [5.41, 5.74) is -1.86. The summed E-state index contributed by atoms with van der Waals surface area (Å²) in [6.45, 7) is 3.12. The number of azo groups is 1. The topological polar surface area (TPSA) is 59.7 Å². The molecule has 2 aromatic rings. The number of ether oxygens (including phenoxy) is 1. The molecule has 0 amide bonds. The summed E-state index contributed by atoms with van der Waals surface area (Å²) in [5, 5.41) is 7.77. The van der Waals surface area contributed by atoms with E-state index in [1.165, 1.54) is 23.6 Å². The number of rotatable bonds is 6. The molecule has 1 atom stereocenters. The van der Waals surface area contributed by atoms with Gasteiger partial charge in [-0.15, -0.1) is 0 Å². The predicted octanol–water partition coefficient (Wildman–Crippen LogP) is 4.62. The van der Waals surface area contributed by atoms with Gasteiger partial charge in [0.15, 0.2) is 0 Å². The molecule has 3 heterocycles. The maximum atomic E-state index is 13.5. The zero-order chi connectivity index (χ0) is 17.2. The van der Waals surface area contributed by atoms with E-state index in [0.717, 1.165) is 12.8 Å². The number of unbranched alkanes of at least 4 members (excludes halogenated alkanes) is 1. The van der Waals surface area contributed by atoms with Crippen LogP contribution in [0.1, 0.15) is 36.8 Å². The van der Waals surface area contributed by atoms with E-state index in [0.29, 0.717) is 28.6 Å². The van der Waals surface area contributed by atoms with Crippen LogP contribution in [0.25, 0.3) is 10.3 Å². The van der Waals surface area contributed by atoms with E-state index in [1.807, 2.05) is 0 Å². The smallest absolute Gasteiger partial charge is 0.374 e. The second-order valence-electron chi connectivity index (χ2n) is 5.64. The molecule has 0 aromatic carbocycles. The lowest BCUT2D eigenvalue weighted by Gasteiger charge is -2.27. The quantitative estimate of drug-likeness (QED) is 0.708. The Morgan fingerprint density at radius 3 is 2.88 bits per heavy atom. The summed E-state index contributed by atoms with van der Waals surface area (Å²) in [7, 11) is 0. The molecule has 0 N–H and O–H groups in total. The van der Waals surface area contributed by atoms with Gasteiger partial charge in [-0.05, 0) is 12.5 Å². The Morgan fingerprint density at radius 1 is 1.38 bits per heavy atom. The van der Waals surface area contributed by atoms with Crippen molar-refractivity contribution >= 4 is 21.7 Å². The van der Waals surface area contributed by atoms with Crippen LogP contribution in [0.2, 0.25) is 0 Å². The molecule has 1 aliphatic rings. The molecule has 0 bridgehead atoms. The highest BCUT2D eigenvalue weighted by Crippen LogP contribution is 2.48. The monoisotopic (exact) mass is 358 g/mol. The summed E-state index contributed by atoms with van der Waals surface area (Å²) < 4.78 is 46.1. The highest BCUT2D eigenvalue weighted by Gasteiger charge is 2.58. The number of halogens is 3. The molecule has 0 radical (unpaired) electrons. The summed E-state index contributed by atoms with van der Waals surface area (Å²) >= 11 is 1.33. The van der Waals surface area contributed by atoms with Crippen LogP contribution in [0.3, 0.4) is 0 Å². The molecular formula is C15H17F3N4OS. The Kier molecular flexibility index (Phi) is 4.82. The molecule has 130 valence electrons. The van der Waals surface area contributed by atoms with Gasteiger partial charge in [-0.3, -0.25) is 0 Å². The second-order valence-corrected chi connectivity index (χ2v) is 6.70. The van der Waals surface area contributed by atoms with E-state index in [9.17, 15) is 13.2 Å². The maximum Gasteiger partial charge on any atom is 0.419 e. The summed E-state index contributed by atoms with van der Waals surface area (Å²) in [6.07, 6.45) is -1.46. The minimum atomic E-state index is -4.51. The first-order valence-corrected chi connectivity index (χ1v) is 8.57. The minimum absolute atomic E-state index is 0.00694. The van der Waals surface area contributed by atoms with Crippen molar-refractivity contribution in [3.05, 3.63) is 22.8 Å². The molecule has 1 aliphatic heterocycles. The number of fused-ring (bicyclic) bond motifs is 1. The molecule has 0 spiro atoms. The van der Waals surface area contributed by atoms with E-state index in [1.54, 1.807) is 0 Å². The highest BCUT2D eigenvalue weighted by molar-refractivity contribution is 7.18. The zero-order valence-electron chi connectivity index (χ0n) is 13.1. The van der Waals surface area contributed by atoms with Crippen LogP contribution in [0.5, 0.6) is 0 Å². The Bertz CT molecular complexity index is 746. The SMILES string of the molecule is CCCCOCc1nc2cc(C3(C(F)(F)F)CCN=N3)cnc2s1. The minimum Gasteiger partial charge on any atom is -0.374 e. The van der Waals surface area contributed by atoms with Crippen molar-refractivity contribution in [1.82, 2.24) is 9.97 Å². The standard InChI is InChI=1S/C15H17F3N4OS/c1-2-3-6-23-9-12-21-11-7-10(8-19-13(11)24-12)14(15(16,17)18)4-5-20-22-14/h7-8H,2-6,9H2,1H3. The van der Waals surface area contributed by atoms with Crippen LogP contribution in [0.4, 0.5) is 13.2 Å². The van der Waals surface area contributed by atoms with Crippen LogP contribution in [-0.2, 0) is 16.9 Å². The van der Waals surface area contributed by atoms with Gasteiger partial charge in [-0.2, -0.15) is 23.4 Å².